The van der Waals surface area contributed by atoms with Gasteiger partial charge in [0, 0.05) is 59.5 Å². The molecule has 0 aromatic carbocycles. The van der Waals surface area contributed by atoms with Crippen molar-refractivity contribution in [3.8, 4) is 0 Å². The number of aldehydes is 1. The first-order chi connectivity index (χ1) is 14.8. The molecule has 3 N–H and O–H groups in total. The third-order valence-electron chi connectivity index (χ3n) is 4.43. The molecule has 31 heavy (non-hydrogen) atoms. The van der Waals surface area contributed by atoms with Crippen LogP contribution in [0.1, 0.15) is 20.8 Å². The standard InChI is InChI=1S/C17H30N4O6.C2H6.CH4O/c1-15(23)12-19-6-8-20(13-16(24)25)4-2-18(10-11-22)3-5-21(9-7-19)14-17(26)27;2*1-2/h11H,2-10,12-14H2,1H3,(H,24,25)(H,26,27);1-2H3;2H,1H3. The molecular formula is C20H40N4O7. The van der Waals surface area contributed by atoms with Crippen LogP contribution in [0, 0.1) is 0 Å². The zero-order chi connectivity index (χ0) is 24.2. The number of hydrogen-bond acceptors (Lipinski definition) is 9. The van der Waals surface area contributed by atoms with Crippen molar-refractivity contribution < 1.29 is 34.5 Å². The highest BCUT2D eigenvalue weighted by molar-refractivity contribution is 5.77. The average Bonchev–Trinajstić information content (AvgIpc) is 2.72. The van der Waals surface area contributed by atoms with Crippen LogP contribution in [0.25, 0.3) is 0 Å². The Morgan fingerprint density at radius 1 is 0.677 bits per heavy atom. The molecule has 1 aliphatic heterocycles. The molecule has 0 bridgehead atoms. The Hall–Kier alpha value is -1.92. The van der Waals surface area contributed by atoms with Gasteiger partial charge in [0.1, 0.15) is 12.1 Å². The van der Waals surface area contributed by atoms with E-state index in [4.69, 9.17) is 15.3 Å². The Morgan fingerprint density at radius 3 is 1.23 bits per heavy atom. The molecule has 1 heterocycles. The molecule has 0 spiro atoms. The Bertz CT molecular complexity index is 488. The van der Waals surface area contributed by atoms with Crippen molar-refractivity contribution in [2.75, 3.05) is 85.6 Å². The Labute approximate surface area is 185 Å². The van der Waals surface area contributed by atoms with Crippen molar-refractivity contribution in [2.24, 2.45) is 0 Å². The molecule has 11 nitrogen and oxygen atoms in total. The highest BCUT2D eigenvalue weighted by atomic mass is 16.4. The van der Waals surface area contributed by atoms with E-state index in [9.17, 15) is 19.2 Å². The minimum Gasteiger partial charge on any atom is -0.480 e. The third kappa shape index (κ3) is 17.5. The van der Waals surface area contributed by atoms with E-state index in [0.29, 0.717) is 52.4 Å². The number of carbonyl (C=O) groups is 4. The third-order valence-corrected chi connectivity index (χ3v) is 4.43. The van der Waals surface area contributed by atoms with Crippen molar-refractivity contribution in [1.82, 2.24) is 19.6 Å². The second kappa shape index (κ2) is 20.0. The molecule has 0 saturated carbocycles. The Balaban J connectivity index is 0. The summed E-state index contributed by atoms with van der Waals surface area (Å²) < 4.78 is 0. The summed E-state index contributed by atoms with van der Waals surface area (Å²) in [6, 6.07) is 0. The molecule has 1 aliphatic rings. The van der Waals surface area contributed by atoms with Crippen LogP contribution in [0.5, 0.6) is 0 Å². The van der Waals surface area contributed by atoms with Crippen LogP contribution in [-0.4, -0.2) is 145 Å². The van der Waals surface area contributed by atoms with Gasteiger partial charge in [0.25, 0.3) is 0 Å². The molecule has 1 fully saturated rings. The maximum absolute atomic E-state index is 11.5. The van der Waals surface area contributed by atoms with Gasteiger partial charge in [-0.15, -0.1) is 0 Å². The van der Waals surface area contributed by atoms with Crippen molar-refractivity contribution >= 4 is 24.0 Å². The Morgan fingerprint density at radius 2 is 0.968 bits per heavy atom. The predicted octanol–water partition coefficient (Wildman–Crippen LogP) is -1.20. The fraction of sp³-hybridized carbons (Fsp3) is 0.800. The molecule has 182 valence electrons. The van der Waals surface area contributed by atoms with Crippen molar-refractivity contribution in [1.29, 1.82) is 0 Å². The second-order valence-corrected chi connectivity index (χ2v) is 6.79. The number of Topliss-reactive ketones (excluding diaryl/α,β-unsaturated/α-hetero) is 1. The number of carboxylic acid groups (broad SMARTS) is 2. The van der Waals surface area contributed by atoms with Gasteiger partial charge in [-0.3, -0.25) is 34.0 Å². The molecule has 0 aliphatic carbocycles. The molecule has 0 unspecified atom stereocenters. The quantitative estimate of drug-likeness (QED) is 0.385. The van der Waals surface area contributed by atoms with E-state index in [2.05, 4.69) is 0 Å². The first kappa shape index (κ1) is 31.3. The SMILES string of the molecule is CC.CC(=O)CN1CCN(CC(=O)O)CCN(CC=O)CCN(CC(=O)O)CC1.CO. The van der Waals surface area contributed by atoms with Gasteiger partial charge >= 0.3 is 11.9 Å². The molecule has 0 radical (unpaired) electrons. The van der Waals surface area contributed by atoms with Gasteiger partial charge in [0.15, 0.2) is 0 Å². The fourth-order valence-electron chi connectivity index (χ4n) is 3.04. The summed E-state index contributed by atoms with van der Waals surface area (Å²) in [6.45, 7) is 9.74. The largest absolute Gasteiger partial charge is 0.480 e. The summed E-state index contributed by atoms with van der Waals surface area (Å²) in [5, 5.41) is 25.2. The van der Waals surface area contributed by atoms with Gasteiger partial charge in [0.2, 0.25) is 0 Å². The van der Waals surface area contributed by atoms with Crippen LogP contribution in [0.15, 0.2) is 0 Å². The molecule has 0 aromatic heterocycles. The number of rotatable bonds is 8. The lowest BCUT2D eigenvalue weighted by molar-refractivity contribution is -0.139. The zero-order valence-corrected chi connectivity index (χ0v) is 19.3. The maximum Gasteiger partial charge on any atom is 0.317 e. The number of carbonyl (C=O) groups excluding carboxylic acids is 2. The molecule has 0 aromatic rings. The lowest BCUT2D eigenvalue weighted by atomic mass is 10.3. The predicted molar refractivity (Wildman–Crippen MR) is 117 cm³/mol. The van der Waals surface area contributed by atoms with E-state index >= 15 is 0 Å². The number of aliphatic carboxylic acids is 2. The van der Waals surface area contributed by atoms with Crippen molar-refractivity contribution in [3.63, 3.8) is 0 Å². The van der Waals surface area contributed by atoms with Crippen molar-refractivity contribution in [2.45, 2.75) is 20.8 Å². The molecule has 11 heteroatoms. The first-order valence-corrected chi connectivity index (χ1v) is 10.5. The topological polar surface area (TPSA) is 142 Å². The van der Waals surface area contributed by atoms with Gasteiger partial charge in [-0.05, 0) is 6.92 Å². The van der Waals surface area contributed by atoms with Crippen LogP contribution < -0.4 is 0 Å². The summed E-state index contributed by atoms with van der Waals surface area (Å²) >= 11 is 0. The minimum absolute atomic E-state index is 0.00817. The molecular weight excluding hydrogens is 408 g/mol. The number of hydrogen-bond donors (Lipinski definition) is 3. The summed E-state index contributed by atoms with van der Waals surface area (Å²) in [5.74, 6) is -1.83. The van der Waals surface area contributed by atoms with Gasteiger partial charge in [-0.1, -0.05) is 13.8 Å². The van der Waals surface area contributed by atoms with Crippen molar-refractivity contribution in [3.05, 3.63) is 0 Å². The molecule has 0 amide bonds. The lowest BCUT2D eigenvalue weighted by Gasteiger charge is -2.32. The van der Waals surface area contributed by atoms with Crippen LogP contribution in [0.3, 0.4) is 0 Å². The summed E-state index contributed by atoms with van der Waals surface area (Å²) in [4.78, 5) is 52.1. The van der Waals surface area contributed by atoms with Gasteiger partial charge in [-0.25, -0.2) is 0 Å². The lowest BCUT2D eigenvalue weighted by Crippen LogP contribution is -2.48. The van der Waals surface area contributed by atoms with Gasteiger partial charge in [0.05, 0.1) is 26.2 Å². The average molecular weight is 449 g/mol. The van der Waals surface area contributed by atoms with Gasteiger partial charge < -0.3 is 20.1 Å². The minimum atomic E-state index is -0.921. The van der Waals surface area contributed by atoms with Crippen LogP contribution in [0.2, 0.25) is 0 Å². The maximum atomic E-state index is 11.5. The summed E-state index contributed by atoms with van der Waals surface area (Å²) in [7, 11) is 1.00. The zero-order valence-electron chi connectivity index (χ0n) is 19.3. The number of aliphatic hydroxyl groups is 1. The van der Waals surface area contributed by atoms with Crippen LogP contribution in [-0.2, 0) is 19.2 Å². The van der Waals surface area contributed by atoms with Crippen LogP contribution >= 0.6 is 0 Å². The smallest absolute Gasteiger partial charge is 0.317 e. The highest BCUT2D eigenvalue weighted by Crippen LogP contribution is 2.01. The molecule has 0 atom stereocenters. The van der Waals surface area contributed by atoms with E-state index < -0.39 is 11.9 Å². The fourth-order valence-corrected chi connectivity index (χ4v) is 3.04. The normalized spacial score (nSPS) is 17.6. The molecule has 1 saturated heterocycles. The number of ketones is 1. The second-order valence-electron chi connectivity index (χ2n) is 6.79. The summed E-state index contributed by atoms with van der Waals surface area (Å²) in [5.41, 5.74) is 0. The first-order valence-electron chi connectivity index (χ1n) is 10.5. The number of nitrogens with zero attached hydrogens (tertiary/aromatic N) is 4. The highest BCUT2D eigenvalue weighted by Gasteiger charge is 2.19. The van der Waals surface area contributed by atoms with Crippen LogP contribution in [0.4, 0.5) is 0 Å². The summed E-state index contributed by atoms with van der Waals surface area (Å²) in [6.07, 6.45) is 0.795. The van der Waals surface area contributed by atoms with E-state index in [0.717, 1.165) is 13.4 Å². The molecule has 1 rings (SSSR count). The Kier molecular flexibility index (Phi) is 20.2. The monoisotopic (exact) mass is 448 g/mol. The van der Waals surface area contributed by atoms with Gasteiger partial charge in [-0.2, -0.15) is 0 Å². The van der Waals surface area contributed by atoms with E-state index in [-0.39, 0.29) is 32.0 Å². The van der Waals surface area contributed by atoms with E-state index in [1.807, 2.05) is 23.6 Å². The number of aliphatic hydroxyl groups excluding tert-OH is 1. The van der Waals surface area contributed by atoms with E-state index in [1.165, 1.54) is 6.92 Å². The number of carboxylic acids is 2. The van der Waals surface area contributed by atoms with E-state index in [1.54, 1.807) is 9.80 Å².